The summed E-state index contributed by atoms with van der Waals surface area (Å²) in [5.74, 6) is 0. The Bertz CT molecular complexity index is 326. The van der Waals surface area contributed by atoms with Gasteiger partial charge in [0.1, 0.15) is 0 Å². The lowest BCUT2D eigenvalue weighted by Gasteiger charge is -2.41. The van der Waals surface area contributed by atoms with Gasteiger partial charge in [-0.25, -0.2) is 0 Å². The first-order chi connectivity index (χ1) is 7.12. The van der Waals surface area contributed by atoms with Crippen LogP contribution in [0.1, 0.15) is 41.5 Å². The minimum Gasteiger partial charge on any atom is -0.0643 e. The molecule has 1 rings (SSSR count). The molecular weight excluding hydrogens is 279 g/mol. The molecule has 0 aliphatic rings. The number of halogens is 1. The summed E-state index contributed by atoms with van der Waals surface area (Å²) < 4.78 is 1.16. The highest BCUT2D eigenvalue weighted by molar-refractivity contribution is 9.10. The zero-order chi connectivity index (χ0) is 12.6. The number of benzene rings is 1. The summed E-state index contributed by atoms with van der Waals surface area (Å²) in [6, 6.07) is 8.85. The summed E-state index contributed by atoms with van der Waals surface area (Å²) in [5.41, 5.74) is 0. The number of hydrogen-bond acceptors (Lipinski definition) is 0. The minimum atomic E-state index is -0.171. The van der Waals surface area contributed by atoms with E-state index in [-0.39, 0.29) is 7.92 Å². The van der Waals surface area contributed by atoms with Crippen LogP contribution < -0.4 is 5.30 Å². The Kier molecular flexibility index (Phi) is 4.24. The molecule has 0 bridgehead atoms. The van der Waals surface area contributed by atoms with Crippen LogP contribution in [0.4, 0.5) is 0 Å². The lowest BCUT2D eigenvalue weighted by molar-refractivity contribution is 0.715. The van der Waals surface area contributed by atoms with Crippen molar-refractivity contribution in [1.29, 1.82) is 0 Å². The number of hydrogen-bond donors (Lipinski definition) is 0. The second-order valence-electron chi connectivity index (χ2n) is 6.15. The van der Waals surface area contributed by atoms with Crippen LogP contribution in [0.2, 0.25) is 0 Å². The van der Waals surface area contributed by atoms with Crippen LogP contribution in [0.25, 0.3) is 0 Å². The smallest absolute Gasteiger partial charge is 0.0175 e. The SMILES string of the molecule is CC(C)(C)P(c1ccc(Br)cc1)C(C)(C)C. The molecule has 0 radical (unpaired) electrons. The average Bonchev–Trinajstić information content (AvgIpc) is 2.03. The molecule has 90 valence electrons. The van der Waals surface area contributed by atoms with Gasteiger partial charge in [-0.05, 0) is 27.7 Å². The third-order valence-electron chi connectivity index (χ3n) is 2.43. The first-order valence-electron chi connectivity index (χ1n) is 5.68. The van der Waals surface area contributed by atoms with Crippen molar-refractivity contribution in [2.24, 2.45) is 0 Å². The second kappa shape index (κ2) is 4.78. The summed E-state index contributed by atoms with van der Waals surface area (Å²) in [6.45, 7) is 14.1. The second-order valence-corrected chi connectivity index (χ2v) is 10.9. The first kappa shape index (κ1) is 14.2. The molecular formula is C14H22BrP. The molecule has 0 aliphatic carbocycles. The fourth-order valence-electron chi connectivity index (χ4n) is 2.37. The highest BCUT2D eigenvalue weighted by Crippen LogP contribution is 2.58. The quantitative estimate of drug-likeness (QED) is 0.629. The normalized spacial score (nSPS) is 13.2. The van der Waals surface area contributed by atoms with Crippen molar-refractivity contribution >= 4 is 29.2 Å². The van der Waals surface area contributed by atoms with Gasteiger partial charge in [0.2, 0.25) is 0 Å². The van der Waals surface area contributed by atoms with Crippen LogP contribution >= 0.6 is 23.9 Å². The van der Waals surface area contributed by atoms with E-state index in [1.54, 1.807) is 0 Å². The third-order valence-corrected chi connectivity index (χ3v) is 6.45. The predicted molar refractivity (Wildman–Crippen MR) is 80.2 cm³/mol. The summed E-state index contributed by atoms with van der Waals surface area (Å²) in [4.78, 5) is 0. The van der Waals surface area contributed by atoms with E-state index in [2.05, 4.69) is 81.7 Å². The Hall–Kier alpha value is 0.130. The zero-order valence-corrected chi connectivity index (χ0v) is 13.6. The Balaban J connectivity index is 3.18. The Morgan fingerprint density at radius 3 is 1.50 bits per heavy atom. The molecule has 2 heteroatoms. The van der Waals surface area contributed by atoms with Gasteiger partial charge in [-0.1, -0.05) is 77.5 Å². The van der Waals surface area contributed by atoms with Crippen molar-refractivity contribution in [2.75, 3.05) is 0 Å². The third kappa shape index (κ3) is 3.57. The summed E-state index contributed by atoms with van der Waals surface area (Å²) in [7, 11) is -0.171. The lowest BCUT2D eigenvalue weighted by atomic mass is 10.2. The number of rotatable bonds is 1. The molecule has 1 aromatic carbocycles. The Morgan fingerprint density at radius 2 is 1.19 bits per heavy atom. The Morgan fingerprint density at radius 1 is 0.812 bits per heavy atom. The largest absolute Gasteiger partial charge is 0.0643 e. The van der Waals surface area contributed by atoms with Gasteiger partial charge < -0.3 is 0 Å². The molecule has 0 heterocycles. The highest BCUT2D eigenvalue weighted by atomic mass is 79.9. The molecule has 0 atom stereocenters. The molecule has 16 heavy (non-hydrogen) atoms. The van der Waals surface area contributed by atoms with E-state index in [4.69, 9.17) is 0 Å². The molecule has 0 saturated carbocycles. The predicted octanol–water partition coefficient (Wildman–Crippen LogP) is 5.15. The van der Waals surface area contributed by atoms with E-state index in [1.165, 1.54) is 5.30 Å². The van der Waals surface area contributed by atoms with E-state index < -0.39 is 0 Å². The molecule has 0 aliphatic heterocycles. The molecule has 0 unspecified atom stereocenters. The molecule has 0 spiro atoms. The van der Waals surface area contributed by atoms with E-state index in [0.29, 0.717) is 10.3 Å². The van der Waals surface area contributed by atoms with Crippen LogP contribution in [0.15, 0.2) is 28.7 Å². The first-order valence-corrected chi connectivity index (χ1v) is 7.82. The maximum absolute atomic E-state index is 3.50. The van der Waals surface area contributed by atoms with Crippen LogP contribution in [0.3, 0.4) is 0 Å². The topological polar surface area (TPSA) is 0 Å². The highest BCUT2D eigenvalue weighted by Gasteiger charge is 2.35. The average molecular weight is 301 g/mol. The van der Waals surface area contributed by atoms with Gasteiger partial charge in [0.05, 0.1) is 0 Å². The minimum absolute atomic E-state index is 0.171. The van der Waals surface area contributed by atoms with Crippen molar-refractivity contribution < 1.29 is 0 Å². The van der Waals surface area contributed by atoms with Gasteiger partial charge in [-0.3, -0.25) is 0 Å². The molecule has 0 nitrogen and oxygen atoms in total. The fourth-order valence-corrected chi connectivity index (χ4v) is 6.64. The van der Waals surface area contributed by atoms with E-state index >= 15 is 0 Å². The van der Waals surface area contributed by atoms with Crippen LogP contribution in [0, 0.1) is 0 Å². The van der Waals surface area contributed by atoms with Crippen molar-refractivity contribution in [3.8, 4) is 0 Å². The Labute approximate surface area is 110 Å². The summed E-state index contributed by atoms with van der Waals surface area (Å²) >= 11 is 3.50. The monoisotopic (exact) mass is 300 g/mol. The lowest BCUT2D eigenvalue weighted by Crippen LogP contribution is -2.30. The van der Waals surface area contributed by atoms with Gasteiger partial charge in [0.15, 0.2) is 0 Å². The molecule has 0 aromatic heterocycles. The van der Waals surface area contributed by atoms with Crippen molar-refractivity contribution in [1.82, 2.24) is 0 Å². The van der Waals surface area contributed by atoms with Gasteiger partial charge in [0.25, 0.3) is 0 Å². The van der Waals surface area contributed by atoms with E-state index in [1.807, 2.05) is 0 Å². The van der Waals surface area contributed by atoms with E-state index in [9.17, 15) is 0 Å². The molecule has 0 amide bonds. The summed E-state index contributed by atoms with van der Waals surface area (Å²) in [5, 5.41) is 2.20. The molecule has 1 aromatic rings. The van der Waals surface area contributed by atoms with Crippen molar-refractivity contribution in [3.63, 3.8) is 0 Å². The fraction of sp³-hybridized carbons (Fsp3) is 0.571. The van der Waals surface area contributed by atoms with E-state index in [0.717, 1.165) is 4.47 Å². The molecule has 0 N–H and O–H groups in total. The molecule has 0 fully saturated rings. The van der Waals surface area contributed by atoms with Gasteiger partial charge in [-0.15, -0.1) is 0 Å². The van der Waals surface area contributed by atoms with Crippen LogP contribution in [-0.4, -0.2) is 10.3 Å². The zero-order valence-electron chi connectivity index (χ0n) is 11.1. The standard InChI is InChI=1S/C14H22BrP/c1-13(2,3)16(14(4,5)6)12-9-7-11(15)8-10-12/h7-10H,1-6H3. The van der Waals surface area contributed by atoms with Gasteiger partial charge in [0, 0.05) is 4.47 Å². The van der Waals surface area contributed by atoms with Gasteiger partial charge >= 0.3 is 0 Å². The maximum Gasteiger partial charge on any atom is 0.0175 e. The van der Waals surface area contributed by atoms with Gasteiger partial charge in [-0.2, -0.15) is 0 Å². The molecule has 0 saturated heterocycles. The van der Waals surface area contributed by atoms with Crippen LogP contribution in [-0.2, 0) is 0 Å². The van der Waals surface area contributed by atoms with Crippen molar-refractivity contribution in [2.45, 2.75) is 51.9 Å². The van der Waals surface area contributed by atoms with Crippen molar-refractivity contribution in [3.05, 3.63) is 28.7 Å². The van der Waals surface area contributed by atoms with Crippen LogP contribution in [0.5, 0.6) is 0 Å². The summed E-state index contributed by atoms with van der Waals surface area (Å²) in [6.07, 6.45) is 0. The maximum atomic E-state index is 3.50.